The van der Waals surface area contributed by atoms with Crippen LogP contribution in [0.5, 0.6) is 5.75 Å². The molecule has 0 unspecified atom stereocenters. The summed E-state index contributed by atoms with van der Waals surface area (Å²) >= 11 is 5.85. The third kappa shape index (κ3) is 1.44. The minimum atomic E-state index is 0.114. The number of aromatic hydroxyl groups is 1. The number of anilines is 1. The van der Waals surface area contributed by atoms with Crippen molar-refractivity contribution in [2.24, 2.45) is 0 Å². The minimum Gasteiger partial charge on any atom is -0.506 e. The molecule has 0 aromatic heterocycles. The lowest BCUT2D eigenvalue weighted by molar-refractivity contribution is 0.457. The molecule has 0 fully saturated rings. The van der Waals surface area contributed by atoms with E-state index < -0.39 is 0 Å². The summed E-state index contributed by atoms with van der Waals surface area (Å²) in [6.07, 6.45) is 1.07. The molecule has 14 heavy (non-hydrogen) atoms. The van der Waals surface area contributed by atoms with Crippen LogP contribution < -0.4 is 5.32 Å². The molecular weight excluding hydrogens is 198 g/mol. The summed E-state index contributed by atoms with van der Waals surface area (Å²) in [5, 5.41) is 13.2. The largest absolute Gasteiger partial charge is 0.506 e. The van der Waals surface area contributed by atoms with E-state index in [2.05, 4.69) is 19.2 Å². The standard InChI is InChI=1S/C11H14ClNO/c1-11(2)3-4-13-9-6-8(12)10(14)5-7(9)11/h5-6,13-14H,3-4H2,1-2H3. The fraction of sp³-hybridized carbons (Fsp3) is 0.455. The van der Waals surface area contributed by atoms with Crippen LogP contribution in [0.25, 0.3) is 0 Å². The maximum atomic E-state index is 9.55. The first kappa shape index (κ1) is 9.66. The zero-order valence-electron chi connectivity index (χ0n) is 8.39. The van der Waals surface area contributed by atoms with Crippen LogP contribution in [-0.4, -0.2) is 11.7 Å². The Balaban J connectivity index is 2.59. The maximum Gasteiger partial charge on any atom is 0.134 e. The molecule has 0 saturated heterocycles. The molecule has 0 saturated carbocycles. The van der Waals surface area contributed by atoms with Crippen molar-refractivity contribution in [2.45, 2.75) is 25.7 Å². The average molecular weight is 212 g/mol. The molecule has 0 radical (unpaired) electrons. The molecule has 1 aromatic rings. The predicted octanol–water partition coefficient (Wildman–Crippen LogP) is 3.14. The van der Waals surface area contributed by atoms with E-state index in [4.69, 9.17) is 11.6 Å². The van der Waals surface area contributed by atoms with Crippen LogP contribution in [0.15, 0.2) is 12.1 Å². The van der Waals surface area contributed by atoms with Crippen molar-refractivity contribution in [2.75, 3.05) is 11.9 Å². The Labute approximate surface area is 88.9 Å². The summed E-state index contributed by atoms with van der Waals surface area (Å²) in [5.74, 6) is 0.169. The van der Waals surface area contributed by atoms with Gasteiger partial charge in [-0.3, -0.25) is 0 Å². The van der Waals surface area contributed by atoms with Crippen LogP contribution in [0.2, 0.25) is 5.02 Å². The van der Waals surface area contributed by atoms with Crippen molar-refractivity contribution < 1.29 is 5.11 Å². The Bertz CT molecular complexity index is 374. The van der Waals surface area contributed by atoms with E-state index in [1.807, 2.05) is 0 Å². The summed E-state index contributed by atoms with van der Waals surface area (Å²) in [4.78, 5) is 0. The van der Waals surface area contributed by atoms with Gasteiger partial charge in [-0.05, 0) is 29.5 Å². The first-order valence-electron chi connectivity index (χ1n) is 4.77. The van der Waals surface area contributed by atoms with E-state index in [-0.39, 0.29) is 11.2 Å². The predicted molar refractivity (Wildman–Crippen MR) is 59.2 cm³/mol. The second-order valence-electron chi connectivity index (χ2n) is 4.41. The Morgan fingerprint density at radius 2 is 2.14 bits per heavy atom. The molecule has 1 aliphatic heterocycles. The number of halogens is 1. The average Bonchev–Trinajstić information content (AvgIpc) is 2.08. The molecule has 0 aliphatic carbocycles. The summed E-state index contributed by atoms with van der Waals surface area (Å²) in [5.41, 5.74) is 2.30. The molecule has 0 amide bonds. The highest BCUT2D eigenvalue weighted by Crippen LogP contribution is 2.41. The number of nitrogens with one attached hydrogen (secondary N) is 1. The van der Waals surface area contributed by atoms with Crippen molar-refractivity contribution in [1.82, 2.24) is 0 Å². The molecule has 3 heteroatoms. The number of rotatable bonds is 0. The fourth-order valence-corrected chi connectivity index (χ4v) is 2.08. The molecule has 0 bridgehead atoms. The van der Waals surface area contributed by atoms with Gasteiger partial charge in [0, 0.05) is 12.2 Å². The van der Waals surface area contributed by atoms with Gasteiger partial charge in [-0.15, -0.1) is 0 Å². The first-order chi connectivity index (χ1) is 6.50. The van der Waals surface area contributed by atoms with Gasteiger partial charge in [0.1, 0.15) is 5.75 Å². The molecule has 2 N–H and O–H groups in total. The molecule has 2 nitrogen and oxygen atoms in total. The van der Waals surface area contributed by atoms with Gasteiger partial charge in [0.25, 0.3) is 0 Å². The van der Waals surface area contributed by atoms with E-state index in [0.29, 0.717) is 5.02 Å². The fourth-order valence-electron chi connectivity index (χ4n) is 1.91. The van der Waals surface area contributed by atoms with Crippen molar-refractivity contribution in [3.05, 3.63) is 22.7 Å². The van der Waals surface area contributed by atoms with Gasteiger partial charge in [-0.25, -0.2) is 0 Å². The molecule has 0 spiro atoms. The zero-order chi connectivity index (χ0) is 10.3. The van der Waals surface area contributed by atoms with Gasteiger partial charge in [0.15, 0.2) is 0 Å². The highest BCUT2D eigenvalue weighted by Gasteiger charge is 2.28. The van der Waals surface area contributed by atoms with E-state index in [1.165, 1.54) is 0 Å². The summed E-state index contributed by atoms with van der Waals surface area (Å²) < 4.78 is 0. The van der Waals surface area contributed by atoms with Gasteiger partial charge in [-0.2, -0.15) is 0 Å². The van der Waals surface area contributed by atoms with Gasteiger partial charge < -0.3 is 10.4 Å². The topological polar surface area (TPSA) is 32.3 Å². The lowest BCUT2D eigenvalue weighted by atomic mass is 9.78. The molecule has 1 aromatic carbocycles. The lowest BCUT2D eigenvalue weighted by Crippen LogP contribution is -2.28. The van der Waals surface area contributed by atoms with E-state index in [0.717, 1.165) is 24.2 Å². The third-order valence-corrected chi connectivity index (χ3v) is 3.18. The number of hydrogen-bond acceptors (Lipinski definition) is 2. The van der Waals surface area contributed by atoms with Crippen molar-refractivity contribution in [1.29, 1.82) is 0 Å². The van der Waals surface area contributed by atoms with Crippen LogP contribution in [0.1, 0.15) is 25.8 Å². The number of hydrogen-bond donors (Lipinski definition) is 2. The van der Waals surface area contributed by atoms with E-state index in [1.54, 1.807) is 12.1 Å². The summed E-state index contributed by atoms with van der Waals surface area (Å²) in [6, 6.07) is 3.57. The monoisotopic (exact) mass is 211 g/mol. The van der Waals surface area contributed by atoms with E-state index in [9.17, 15) is 5.11 Å². The molecule has 76 valence electrons. The second-order valence-corrected chi connectivity index (χ2v) is 4.82. The van der Waals surface area contributed by atoms with Crippen molar-refractivity contribution in [3.8, 4) is 5.75 Å². The molecular formula is C11H14ClNO. The highest BCUT2D eigenvalue weighted by atomic mass is 35.5. The summed E-state index contributed by atoms with van der Waals surface area (Å²) in [7, 11) is 0. The van der Waals surface area contributed by atoms with Crippen LogP contribution in [0.4, 0.5) is 5.69 Å². The Morgan fingerprint density at radius 3 is 2.86 bits per heavy atom. The third-order valence-electron chi connectivity index (χ3n) is 2.88. The normalized spacial score (nSPS) is 18.5. The molecule has 1 aliphatic rings. The van der Waals surface area contributed by atoms with Crippen molar-refractivity contribution in [3.63, 3.8) is 0 Å². The zero-order valence-corrected chi connectivity index (χ0v) is 9.15. The van der Waals surface area contributed by atoms with Crippen LogP contribution in [-0.2, 0) is 5.41 Å². The Kier molecular flexibility index (Phi) is 2.11. The smallest absolute Gasteiger partial charge is 0.134 e. The van der Waals surface area contributed by atoms with E-state index >= 15 is 0 Å². The SMILES string of the molecule is CC1(C)CCNc2cc(Cl)c(O)cc21. The molecule has 1 heterocycles. The lowest BCUT2D eigenvalue weighted by Gasteiger charge is -2.33. The quantitative estimate of drug-likeness (QED) is 0.647. The van der Waals surface area contributed by atoms with Crippen LogP contribution in [0.3, 0.4) is 0 Å². The van der Waals surface area contributed by atoms with Gasteiger partial charge >= 0.3 is 0 Å². The van der Waals surface area contributed by atoms with Gasteiger partial charge in [-0.1, -0.05) is 25.4 Å². The Morgan fingerprint density at radius 1 is 1.43 bits per heavy atom. The number of fused-ring (bicyclic) bond motifs is 1. The van der Waals surface area contributed by atoms with Crippen LogP contribution >= 0.6 is 11.6 Å². The first-order valence-corrected chi connectivity index (χ1v) is 5.15. The maximum absolute atomic E-state index is 9.55. The Hall–Kier alpha value is -0.890. The highest BCUT2D eigenvalue weighted by molar-refractivity contribution is 6.32. The number of benzene rings is 1. The number of phenolic OH excluding ortho intramolecular Hbond substituents is 1. The molecule has 2 rings (SSSR count). The second kappa shape index (κ2) is 3.06. The minimum absolute atomic E-state index is 0.114. The van der Waals surface area contributed by atoms with Gasteiger partial charge in [0.2, 0.25) is 0 Å². The number of phenols is 1. The van der Waals surface area contributed by atoms with Crippen LogP contribution in [0, 0.1) is 0 Å². The van der Waals surface area contributed by atoms with Crippen molar-refractivity contribution >= 4 is 17.3 Å². The summed E-state index contributed by atoms with van der Waals surface area (Å²) in [6.45, 7) is 5.32. The van der Waals surface area contributed by atoms with Gasteiger partial charge in [0.05, 0.1) is 5.02 Å². The molecule has 0 atom stereocenters.